The van der Waals surface area contributed by atoms with Gasteiger partial charge >= 0.3 is 0 Å². The summed E-state index contributed by atoms with van der Waals surface area (Å²) in [6, 6.07) is 7.19. The molecule has 1 atom stereocenters. The van der Waals surface area contributed by atoms with Gasteiger partial charge in [0.2, 0.25) is 0 Å². The van der Waals surface area contributed by atoms with E-state index in [4.69, 9.17) is 11.6 Å². The van der Waals surface area contributed by atoms with Crippen molar-refractivity contribution in [3.63, 3.8) is 0 Å². The Morgan fingerprint density at radius 3 is 2.68 bits per heavy atom. The Morgan fingerprint density at radius 1 is 1.32 bits per heavy atom. The van der Waals surface area contributed by atoms with E-state index in [1.54, 1.807) is 0 Å². The minimum Gasteiger partial charge on any atom is -0.314 e. The summed E-state index contributed by atoms with van der Waals surface area (Å²) in [5.41, 5.74) is 2.58. The Balaban J connectivity index is 1.81. The fourth-order valence-corrected chi connectivity index (χ4v) is 3.16. The first-order chi connectivity index (χ1) is 9.24. The predicted molar refractivity (Wildman–Crippen MR) is 80.7 cm³/mol. The first kappa shape index (κ1) is 13.4. The summed E-state index contributed by atoms with van der Waals surface area (Å²) in [4.78, 5) is 2.63. The first-order valence-electron chi connectivity index (χ1n) is 7.45. The highest BCUT2D eigenvalue weighted by atomic mass is 35.5. The van der Waals surface area contributed by atoms with Gasteiger partial charge in [-0.3, -0.25) is 4.90 Å². The Kier molecular flexibility index (Phi) is 4.11. The molecule has 2 fully saturated rings. The van der Waals surface area contributed by atoms with E-state index in [0.29, 0.717) is 6.04 Å². The van der Waals surface area contributed by atoms with Crippen LogP contribution in [0.25, 0.3) is 0 Å². The van der Waals surface area contributed by atoms with Crippen molar-refractivity contribution in [1.82, 2.24) is 10.2 Å². The molecule has 1 N–H and O–H groups in total. The van der Waals surface area contributed by atoms with Crippen LogP contribution in [0.3, 0.4) is 0 Å². The molecule has 0 radical (unpaired) electrons. The summed E-state index contributed by atoms with van der Waals surface area (Å²) in [5, 5.41) is 4.35. The number of aryl methyl sites for hydroxylation is 1. The van der Waals surface area contributed by atoms with Crippen molar-refractivity contribution in [3.8, 4) is 0 Å². The van der Waals surface area contributed by atoms with Gasteiger partial charge in [0, 0.05) is 37.2 Å². The molecule has 0 amide bonds. The number of halogens is 1. The second-order valence-electron chi connectivity index (χ2n) is 5.99. The molecular weight excluding hydrogens is 256 g/mol. The number of hydrogen-bond acceptors (Lipinski definition) is 2. The van der Waals surface area contributed by atoms with Gasteiger partial charge in [-0.1, -0.05) is 36.6 Å². The molecule has 104 valence electrons. The van der Waals surface area contributed by atoms with Crippen LogP contribution in [0.4, 0.5) is 0 Å². The molecule has 2 aliphatic rings. The maximum absolute atomic E-state index is 6.32. The van der Waals surface area contributed by atoms with E-state index in [-0.39, 0.29) is 0 Å². The highest BCUT2D eigenvalue weighted by Gasteiger charge is 2.30. The van der Waals surface area contributed by atoms with Crippen molar-refractivity contribution >= 4 is 11.6 Å². The molecule has 2 nitrogen and oxygen atoms in total. The van der Waals surface area contributed by atoms with E-state index in [1.165, 1.54) is 30.4 Å². The lowest BCUT2D eigenvalue weighted by Gasteiger charge is -2.35. The van der Waals surface area contributed by atoms with Crippen molar-refractivity contribution in [3.05, 3.63) is 34.3 Å². The number of piperazine rings is 1. The van der Waals surface area contributed by atoms with Crippen LogP contribution in [0.15, 0.2) is 18.2 Å². The Hall–Kier alpha value is -0.570. The number of nitrogens with one attached hydrogen (secondary N) is 1. The molecule has 1 saturated heterocycles. The molecule has 3 heteroatoms. The molecule has 0 spiro atoms. The second kappa shape index (κ2) is 5.82. The van der Waals surface area contributed by atoms with Gasteiger partial charge in [0.15, 0.2) is 0 Å². The minimum atomic E-state index is 0.563. The summed E-state index contributed by atoms with van der Waals surface area (Å²) in [6.07, 6.45) is 4.14. The Labute approximate surface area is 121 Å². The topological polar surface area (TPSA) is 15.3 Å². The molecule has 0 bridgehead atoms. The number of nitrogens with zero attached hydrogens (tertiary/aromatic N) is 1. The van der Waals surface area contributed by atoms with Gasteiger partial charge in [-0.25, -0.2) is 0 Å². The molecule has 3 rings (SSSR count). The van der Waals surface area contributed by atoms with E-state index in [1.807, 2.05) is 0 Å². The van der Waals surface area contributed by atoms with Crippen LogP contribution < -0.4 is 5.32 Å². The van der Waals surface area contributed by atoms with Gasteiger partial charge in [0.25, 0.3) is 0 Å². The van der Waals surface area contributed by atoms with Gasteiger partial charge in [-0.2, -0.15) is 0 Å². The molecule has 1 aliphatic carbocycles. The van der Waals surface area contributed by atoms with Crippen LogP contribution in [0.1, 0.15) is 36.4 Å². The monoisotopic (exact) mass is 278 g/mol. The highest BCUT2D eigenvalue weighted by molar-refractivity contribution is 6.31. The lowest BCUT2D eigenvalue weighted by atomic mass is 9.97. The zero-order chi connectivity index (χ0) is 13.2. The maximum atomic E-state index is 6.32. The van der Waals surface area contributed by atoms with E-state index < -0.39 is 0 Å². The van der Waals surface area contributed by atoms with Gasteiger partial charge in [-0.05, 0) is 36.5 Å². The number of hydrogen-bond donors (Lipinski definition) is 1. The minimum absolute atomic E-state index is 0.563. The van der Waals surface area contributed by atoms with Crippen LogP contribution in [-0.4, -0.2) is 31.1 Å². The molecule has 1 heterocycles. The quantitative estimate of drug-likeness (QED) is 0.908. The summed E-state index contributed by atoms with van der Waals surface area (Å²) < 4.78 is 0. The largest absolute Gasteiger partial charge is 0.314 e. The standard InChI is InChI=1S/C16H23ClN2/c1-12-2-5-14(11-15(12)17)16(10-13-3-4-13)19-8-6-18-7-9-19/h2,5,11,13,16,18H,3-4,6-10H2,1H3/t16-/m1/s1. The Bertz CT molecular complexity index is 436. The molecule has 1 aromatic rings. The normalized spacial score (nSPS) is 22.4. The maximum Gasteiger partial charge on any atom is 0.0438 e. The molecule has 1 saturated carbocycles. The van der Waals surface area contributed by atoms with Crippen molar-refractivity contribution in [1.29, 1.82) is 0 Å². The molecule has 19 heavy (non-hydrogen) atoms. The van der Waals surface area contributed by atoms with Crippen LogP contribution in [0.5, 0.6) is 0 Å². The first-order valence-corrected chi connectivity index (χ1v) is 7.82. The van der Waals surface area contributed by atoms with E-state index in [0.717, 1.165) is 37.1 Å². The van der Waals surface area contributed by atoms with Crippen LogP contribution in [-0.2, 0) is 0 Å². The smallest absolute Gasteiger partial charge is 0.0438 e. The van der Waals surface area contributed by atoms with Crippen molar-refractivity contribution in [2.75, 3.05) is 26.2 Å². The second-order valence-corrected chi connectivity index (χ2v) is 6.40. The lowest BCUT2D eigenvalue weighted by molar-refractivity contribution is 0.160. The van der Waals surface area contributed by atoms with Crippen LogP contribution in [0.2, 0.25) is 5.02 Å². The third-order valence-electron chi connectivity index (χ3n) is 4.43. The fourth-order valence-electron chi connectivity index (χ4n) is 2.98. The Morgan fingerprint density at radius 2 is 2.05 bits per heavy atom. The number of rotatable bonds is 4. The van der Waals surface area contributed by atoms with Gasteiger partial charge < -0.3 is 5.32 Å². The van der Waals surface area contributed by atoms with Crippen molar-refractivity contribution in [2.24, 2.45) is 5.92 Å². The summed E-state index contributed by atoms with van der Waals surface area (Å²) in [5.74, 6) is 0.944. The summed E-state index contributed by atoms with van der Waals surface area (Å²) >= 11 is 6.32. The molecule has 0 unspecified atom stereocenters. The molecule has 1 aromatic carbocycles. The van der Waals surface area contributed by atoms with Gasteiger partial charge in [-0.15, -0.1) is 0 Å². The average Bonchev–Trinajstić information content (AvgIpc) is 3.24. The average molecular weight is 279 g/mol. The highest BCUT2D eigenvalue weighted by Crippen LogP contribution is 2.40. The SMILES string of the molecule is Cc1ccc([C@@H](CC2CC2)N2CCNCC2)cc1Cl. The third kappa shape index (κ3) is 3.31. The number of benzene rings is 1. The fraction of sp³-hybridized carbons (Fsp3) is 0.625. The zero-order valence-corrected chi connectivity index (χ0v) is 12.4. The summed E-state index contributed by atoms with van der Waals surface area (Å²) in [6.45, 7) is 6.61. The van der Waals surface area contributed by atoms with Gasteiger partial charge in [0.1, 0.15) is 0 Å². The molecule has 0 aromatic heterocycles. The third-order valence-corrected chi connectivity index (χ3v) is 4.83. The summed E-state index contributed by atoms with van der Waals surface area (Å²) in [7, 11) is 0. The van der Waals surface area contributed by atoms with Gasteiger partial charge in [0.05, 0.1) is 0 Å². The van der Waals surface area contributed by atoms with E-state index >= 15 is 0 Å². The van der Waals surface area contributed by atoms with Crippen LogP contribution >= 0.6 is 11.6 Å². The van der Waals surface area contributed by atoms with E-state index in [2.05, 4.69) is 35.3 Å². The van der Waals surface area contributed by atoms with Crippen LogP contribution in [0, 0.1) is 12.8 Å². The lowest BCUT2D eigenvalue weighted by Crippen LogP contribution is -2.45. The molecular formula is C16H23ClN2. The predicted octanol–water partition coefficient (Wildman–Crippen LogP) is 3.39. The molecule has 1 aliphatic heterocycles. The van der Waals surface area contributed by atoms with Crippen molar-refractivity contribution < 1.29 is 0 Å². The van der Waals surface area contributed by atoms with E-state index in [9.17, 15) is 0 Å². The van der Waals surface area contributed by atoms with Crippen molar-refractivity contribution in [2.45, 2.75) is 32.2 Å². The zero-order valence-electron chi connectivity index (χ0n) is 11.7.